The molecule has 1 rings (SSSR count). The Morgan fingerprint density at radius 1 is 1.27 bits per heavy atom. The van der Waals surface area contributed by atoms with Crippen LogP contribution in [0.2, 0.25) is 0 Å². The summed E-state index contributed by atoms with van der Waals surface area (Å²) in [5, 5.41) is 3.14. The summed E-state index contributed by atoms with van der Waals surface area (Å²) < 4.78 is 5.64. The van der Waals surface area contributed by atoms with Gasteiger partial charge in [0.2, 0.25) is 0 Å². The first-order valence-corrected chi connectivity index (χ1v) is 7.87. The largest absolute Gasteiger partial charge is 0.494 e. The average Bonchev–Trinajstić information content (AvgIpc) is 2.47. The van der Waals surface area contributed by atoms with Crippen LogP contribution in [-0.4, -0.2) is 25.7 Å². The Balaban J connectivity index is 0.00000441. The molecule has 0 heterocycles. The lowest BCUT2D eigenvalue weighted by Gasteiger charge is -2.08. The molecule has 3 N–H and O–H groups in total. The predicted molar refractivity (Wildman–Crippen MR) is 105 cm³/mol. The van der Waals surface area contributed by atoms with Gasteiger partial charge in [0.25, 0.3) is 0 Å². The summed E-state index contributed by atoms with van der Waals surface area (Å²) in [6, 6.07) is 8.26. The molecule has 0 spiro atoms. The second-order valence-electron chi connectivity index (χ2n) is 5.64. The molecule has 4 nitrogen and oxygen atoms in total. The molecule has 0 radical (unpaired) electrons. The quantitative estimate of drug-likeness (QED) is 0.278. The average molecular weight is 419 g/mol. The highest BCUT2D eigenvalue weighted by Gasteiger charge is 1.98. The molecule has 0 atom stereocenters. The third-order valence-electron chi connectivity index (χ3n) is 3.04. The van der Waals surface area contributed by atoms with Gasteiger partial charge in [-0.3, -0.25) is 4.99 Å². The zero-order chi connectivity index (χ0) is 15.5. The molecule has 0 aliphatic heterocycles. The van der Waals surface area contributed by atoms with E-state index in [2.05, 4.69) is 43.2 Å². The number of aliphatic imine (C=N–C) groups is 1. The fourth-order valence-electron chi connectivity index (χ4n) is 1.76. The van der Waals surface area contributed by atoms with Crippen LogP contribution in [-0.2, 0) is 6.42 Å². The van der Waals surface area contributed by atoms with Crippen LogP contribution in [0.15, 0.2) is 29.3 Å². The molecule has 0 saturated heterocycles. The van der Waals surface area contributed by atoms with Crippen molar-refractivity contribution in [2.24, 2.45) is 16.6 Å². The molecule has 0 aliphatic carbocycles. The van der Waals surface area contributed by atoms with Crippen molar-refractivity contribution in [3.8, 4) is 5.75 Å². The number of hydrogen-bond acceptors (Lipinski definition) is 2. The van der Waals surface area contributed by atoms with Gasteiger partial charge in [-0.2, -0.15) is 0 Å². The minimum atomic E-state index is 0. The number of nitrogens with one attached hydrogen (secondary N) is 1. The van der Waals surface area contributed by atoms with Gasteiger partial charge in [-0.1, -0.05) is 39.3 Å². The Morgan fingerprint density at radius 3 is 2.55 bits per heavy atom. The molecular formula is C17H30IN3O. The number of halogens is 1. The molecule has 0 bridgehead atoms. The third-order valence-corrected chi connectivity index (χ3v) is 3.04. The van der Waals surface area contributed by atoms with Crippen LogP contribution in [0.1, 0.15) is 39.2 Å². The first kappa shape index (κ1) is 21.0. The van der Waals surface area contributed by atoms with Crippen molar-refractivity contribution in [1.29, 1.82) is 0 Å². The van der Waals surface area contributed by atoms with Crippen LogP contribution >= 0.6 is 24.0 Å². The lowest BCUT2D eigenvalue weighted by molar-refractivity contribution is 0.309. The van der Waals surface area contributed by atoms with Crippen molar-refractivity contribution < 1.29 is 4.74 Å². The highest BCUT2D eigenvalue weighted by atomic mass is 127. The Labute approximate surface area is 151 Å². The van der Waals surface area contributed by atoms with Crippen molar-refractivity contribution in [3.05, 3.63) is 29.8 Å². The van der Waals surface area contributed by atoms with E-state index in [0.29, 0.717) is 11.9 Å². The summed E-state index contributed by atoms with van der Waals surface area (Å²) in [6.07, 6.45) is 3.18. The molecule has 0 aromatic heterocycles. The number of hydrogen-bond donors (Lipinski definition) is 2. The van der Waals surface area contributed by atoms with E-state index in [1.807, 2.05) is 12.1 Å². The van der Waals surface area contributed by atoms with Crippen LogP contribution in [0.5, 0.6) is 5.75 Å². The van der Waals surface area contributed by atoms with E-state index >= 15 is 0 Å². The van der Waals surface area contributed by atoms with E-state index in [0.717, 1.165) is 44.7 Å². The van der Waals surface area contributed by atoms with Gasteiger partial charge in [-0.25, -0.2) is 0 Å². The van der Waals surface area contributed by atoms with Crippen LogP contribution in [0.3, 0.4) is 0 Å². The maximum atomic E-state index is 5.80. The lowest BCUT2D eigenvalue weighted by Crippen LogP contribution is -2.33. The number of benzene rings is 1. The van der Waals surface area contributed by atoms with Gasteiger partial charge in [0.15, 0.2) is 5.96 Å². The van der Waals surface area contributed by atoms with Crippen molar-refractivity contribution in [1.82, 2.24) is 5.32 Å². The fourth-order valence-corrected chi connectivity index (χ4v) is 1.76. The van der Waals surface area contributed by atoms with Crippen molar-refractivity contribution in [2.45, 2.75) is 40.0 Å². The molecule has 22 heavy (non-hydrogen) atoms. The van der Waals surface area contributed by atoms with Gasteiger partial charge in [0.05, 0.1) is 6.61 Å². The zero-order valence-corrected chi connectivity index (χ0v) is 16.3. The summed E-state index contributed by atoms with van der Waals surface area (Å²) in [5.41, 5.74) is 7.06. The second kappa shape index (κ2) is 12.6. The van der Waals surface area contributed by atoms with E-state index in [1.165, 1.54) is 5.56 Å². The summed E-state index contributed by atoms with van der Waals surface area (Å²) in [5.74, 6) is 2.01. The van der Waals surface area contributed by atoms with Crippen molar-refractivity contribution in [2.75, 3.05) is 19.7 Å². The lowest BCUT2D eigenvalue weighted by atomic mass is 10.1. The summed E-state index contributed by atoms with van der Waals surface area (Å²) in [7, 11) is 0. The standard InChI is InChI=1S/C17H29N3O.HI/c1-4-5-12-21-16-8-6-15(7-9-16)10-11-19-17(18)20-13-14(2)3;/h6-9,14H,4-5,10-13H2,1-3H3,(H3,18,19,20);1H. The Morgan fingerprint density at radius 2 is 1.95 bits per heavy atom. The van der Waals surface area contributed by atoms with E-state index in [9.17, 15) is 0 Å². The molecule has 126 valence electrons. The third kappa shape index (κ3) is 9.87. The smallest absolute Gasteiger partial charge is 0.188 e. The van der Waals surface area contributed by atoms with Crippen LogP contribution in [0.4, 0.5) is 0 Å². The van der Waals surface area contributed by atoms with Crippen LogP contribution < -0.4 is 15.8 Å². The molecule has 1 aromatic rings. The highest BCUT2D eigenvalue weighted by molar-refractivity contribution is 14.0. The monoisotopic (exact) mass is 419 g/mol. The molecule has 1 aromatic carbocycles. The maximum absolute atomic E-state index is 5.80. The first-order chi connectivity index (χ1) is 10.1. The topological polar surface area (TPSA) is 59.6 Å². The normalized spacial score (nSPS) is 11.2. The van der Waals surface area contributed by atoms with Gasteiger partial charge in [0.1, 0.15) is 5.75 Å². The molecular weight excluding hydrogens is 389 g/mol. The summed E-state index contributed by atoms with van der Waals surface area (Å²) in [4.78, 5) is 4.27. The van der Waals surface area contributed by atoms with E-state index < -0.39 is 0 Å². The predicted octanol–water partition coefficient (Wildman–Crippen LogP) is 3.59. The highest BCUT2D eigenvalue weighted by Crippen LogP contribution is 2.12. The van der Waals surface area contributed by atoms with Crippen LogP contribution in [0.25, 0.3) is 0 Å². The fraction of sp³-hybridized carbons (Fsp3) is 0.588. The van der Waals surface area contributed by atoms with Crippen molar-refractivity contribution >= 4 is 29.9 Å². The van der Waals surface area contributed by atoms with Crippen LogP contribution in [0, 0.1) is 5.92 Å². The molecule has 0 amide bonds. The number of nitrogens with zero attached hydrogens (tertiary/aromatic N) is 1. The minimum Gasteiger partial charge on any atom is -0.494 e. The molecule has 0 unspecified atom stereocenters. The van der Waals surface area contributed by atoms with Gasteiger partial charge in [0, 0.05) is 13.1 Å². The molecule has 0 fully saturated rings. The molecule has 0 saturated carbocycles. The van der Waals surface area contributed by atoms with Gasteiger partial charge in [-0.05, 0) is 36.5 Å². The first-order valence-electron chi connectivity index (χ1n) is 7.87. The number of unbranched alkanes of at least 4 members (excludes halogenated alkanes) is 1. The van der Waals surface area contributed by atoms with Gasteiger partial charge < -0.3 is 15.8 Å². The minimum absolute atomic E-state index is 0. The van der Waals surface area contributed by atoms with Gasteiger partial charge in [-0.15, -0.1) is 24.0 Å². The SMILES string of the molecule is CCCCOc1ccc(CCNC(N)=NCC(C)C)cc1.I. The van der Waals surface area contributed by atoms with E-state index in [1.54, 1.807) is 0 Å². The van der Waals surface area contributed by atoms with Crippen molar-refractivity contribution in [3.63, 3.8) is 0 Å². The molecule has 0 aliphatic rings. The Hall–Kier alpha value is -0.980. The van der Waals surface area contributed by atoms with Gasteiger partial charge >= 0.3 is 0 Å². The second-order valence-corrected chi connectivity index (χ2v) is 5.64. The number of guanidine groups is 1. The van der Waals surface area contributed by atoms with E-state index in [-0.39, 0.29) is 24.0 Å². The summed E-state index contributed by atoms with van der Waals surface area (Å²) in [6.45, 7) is 8.77. The number of nitrogens with two attached hydrogens (primary N) is 1. The number of rotatable bonds is 9. The Bertz CT molecular complexity index is 418. The Kier molecular flexibility index (Phi) is 12.0. The maximum Gasteiger partial charge on any atom is 0.188 e. The number of ether oxygens (including phenoxy) is 1. The molecule has 5 heteroatoms. The summed E-state index contributed by atoms with van der Waals surface area (Å²) >= 11 is 0. The zero-order valence-electron chi connectivity index (χ0n) is 14.0. The van der Waals surface area contributed by atoms with E-state index in [4.69, 9.17) is 10.5 Å².